The Labute approximate surface area is 177 Å². The number of amides is 1. The minimum Gasteiger partial charge on any atom is -0.351 e. The van der Waals surface area contributed by atoms with Crippen LogP contribution in [-0.2, 0) is 17.8 Å². The Morgan fingerprint density at radius 3 is 2.00 bits per heavy atom. The van der Waals surface area contributed by atoms with Gasteiger partial charge in [0.1, 0.15) is 11.7 Å². The summed E-state index contributed by atoms with van der Waals surface area (Å²) in [5, 5.41) is 19.4. The first-order valence-corrected chi connectivity index (χ1v) is 9.95. The fraction of sp³-hybridized carbons (Fsp3) is 0.160. The summed E-state index contributed by atoms with van der Waals surface area (Å²) in [5.74, 6) is 0.566. The van der Waals surface area contributed by atoms with Crippen molar-refractivity contribution >= 4 is 18.1 Å². The summed E-state index contributed by atoms with van der Waals surface area (Å²) in [6, 6.07) is 28.4. The van der Waals surface area contributed by atoms with Gasteiger partial charge in [-0.15, -0.1) is 0 Å². The van der Waals surface area contributed by atoms with E-state index in [4.69, 9.17) is 10.8 Å². The highest BCUT2D eigenvalue weighted by molar-refractivity contribution is 5.99. The van der Waals surface area contributed by atoms with Crippen molar-refractivity contribution in [2.45, 2.75) is 19.4 Å². The lowest BCUT2D eigenvalue weighted by molar-refractivity contribution is -0.109. The van der Waals surface area contributed by atoms with Gasteiger partial charge in [-0.05, 0) is 28.7 Å². The maximum atomic E-state index is 10.7. The number of amidine groups is 2. The molecule has 0 saturated carbocycles. The molecule has 3 aromatic rings. The molecule has 0 fully saturated rings. The molecule has 5 heteroatoms. The van der Waals surface area contributed by atoms with E-state index in [1.165, 1.54) is 0 Å². The maximum absolute atomic E-state index is 10.7. The Kier molecular flexibility index (Phi) is 7.50. The molecule has 0 aromatic heterocycles. The summed E-state index contributed by atoms with van der Waals surface area (Å²) >= 11 is 0. The molecule has 0 aliphatic carbocycles. The van der Waals surface area contributed by atoms with E-state index in [-0.39, 0.29) is 12.4 Å². The highest BCUT2D eigenvalue weighted by Crippen LogP contribution is 2.20. The molecule has 0 radical (unpaired) electrons. The summed E-state index contributed by atoms with van der Waals surface area (Å²) in [4.78, 5) is 12.3. The van der Waals surface area contributed by atoms with Crippen molar-refractivity contribution in [2.24, 2.45) is 0 Å². The SMILES string of the molecule is N=C(CCc1ccccc1)N(Cc1ccc(-c2ccccc2)cc1)C(=N)CNC=O. The van der Waals surface area contributed by atoms with E-state index in [1.807, 2.05) is 60.7 Å². The topological polar surface area (TPSA) is 80.0 Å². The molecule has 3 N–H and O–H groups in total. The molecule has 0 saturated heterocycles. The van der Waals surface area contributed by atoms with Gasteiger partial charge >= 0.3 is 0 Å². The molecule has 3 rings (SSSR count). The lowest BCUT2D eigenvalue weighted by Gasteiger charge is -2.26. The number of benzene rings is 3. The maximum Gasteiger partial charge on any atom is 0.207 e. The molecule has 5 nitrogen and oxygen atoms in total. The van der Waals surface area contributed by atoms with Gasteiger partial charge in [0, 0.05) is 6.42 Å². The molecule has 30 heavy (non-hydrogen) atoms. The Bertz CT molecular complexity index is 969. The average molecular weight is 399 g/mol. The fourth-order valence-electron chi connectivity index (χ4n) is 3.25. The molecule has 1 amide bonds. The van der Waals surface area contributed by atoms with Crippen molar-refractivity contribution in [3.05, 3.63) is 96.1 Å². The molecule has 0 unspecified atom stereocenters. The third-order valence-electron chi connectivity index (χ3n) is 4.90. The Morgan fingerprint density at radius 2 is 1.37 bits per heavy atom. The van der Waals surface area contributed by atoms with Crippen LogP contribution in [0.5, 0.6) is 0 Å². The third-order valence-corrected chi connectivity index (χ3v) is 4.90. The fourth-order valence-corrected chi connectivity index (χ4v) is 3.25. The predicted octanol–water partition coefficient (Wildman–Crippen LogP) is 4.49. The van der Waals surface area contributed by atoms with Gasteiger partial charge in [-0.2, -0.15) is 0 Å². The van der Waals surface area contributed by atoms with Crippen molar-refractivity contribution in [1.29, 1.82) is 10.8 Å². The van der Waals surface area contributed by atoms with Crippen molar-refractivity contribution in [3.8, 4) is 11.1 Å². The standard InChI is InChI=1S/C25H26N4O/c26-24(16-13-20-7-3-1-4-8-20)29(25(27)17-28-19-30)18-21-11-14-23(15-12-21)22-9-5-2-6-10-22/h1-12,14-15,19,26-27H,13,16-18H2,(H,28,30). The minimum atomic E-state index is 0.0965. The number of hydrogen-bond donors (Lipinski definition) is 3. The van der Waals surface area contributed by atoms with Gasteiger partial charge in [0.25, 0.3) is 0 Å². The van der Waals surface area contributed by atoms with Crippen LogP contribution >= 0.6 is 0 Å². The zero-order valence-electron chi connectivity index (χ0n) is 16.8. The number of carbonyl (C=O) groups excluding carboxylic acids is 1. The van der Waals surface area contributed by atoms with E-state index in [2.05, 4.69) is 29.6 Å². The predicted molar refractivity (Wildman–Crippen MR) is 122 cm³/mol. The van der Waals surface area contributed by atoms with Crippen LogP contribution < -0.4 is 5.32 Å². The van der Waals surface area contributed by atoms with Crippen LogP contribution in [0, 0.1) is 10.8 Å². The summed E-state index contributed by atoms with van der Waals surface area (Å²) in [6.45, 7) is 0.515. The Hall–Kier alpha value is -3.73. The number of rotatable bonds is 9. The molecule has 152 valence electrons. The molecular formula is C25H26N4O. The van der Waals surface area contributed by atoms with Gasteiger partial charge in [-0.25, -0.2) is 0 Å². The summed E-state index contributed by atoms with van der Waals surface area (Å²) < 4.78 is 0. The monoisotopic (exact) mass is 398 g/mol. The average Bonchev–Trinajstić information content (AvgIpc) is 2.81. The van der Waals surface area contributed by atoms with Crippen LogP contribution in [0.4, 0.5) is 0 Å². The summed E-state index contributed by atoms with van der Waals surface area (Å²) in [6.07, 6.45) is 1.84. The first kappa shape index (κ1) is 21.0. The largest absolute Gasteiger partial charge is 0.351 e. The minimum absolute atomic E-state index is 0.0965. The van der Waals surface area contributed by atoms with Crippen LogP contribution in [0.2, 0.25) is 0 Å². The summed E-state index contributed by atoms with van der Waals surface area (Å²) in [7, 11) is 0. The second kappa shape index (κ2) is 10.7. The highest BCUT2D eigenvalue weighted by atomic mass is 16.1. The Balaban J connectivity index is 1.70. The van der Waals surface area contributed by atoms with Gasteiger partial charge in [0.15, 0.2) is 0 Å². The van der Waals surface area contributed by atoms with Crippen LogP contribution in [0.3, 0.4) is 0 Å². The zero-order valence-corrected chi connectivity index (χ0v) is 16.8. The van der Waals surface area contributed by atoms with E-state index in [0.717, 1.165) is 28.7 Å². The van der Waals surface area contributed by atoms with Crippen molar-refractivity contribution in [2.75, 3.05) is 6.54 Å². The number of hydrogen-bond acceptors (Lipinski definition) is 3. The first-order chi connectivity index (χ1) is 14.7. The van der Waals surface area contributed by atoms with E-state index >= 15 is 0 Å². The number of carbonyl (C=O) groups is 1. The van der Waals surface area contributed by atoms with Gasteiger partial charge in [0.05, 0.1) is 13.1 Å². The normalized spacial score (nSPS) is 10.3. The summed E-state index contributed by atoms with van der Waals surface area (Å²) in [5.41, 5.74) is 4.45. The van der Waals surface area contributed by atoms with Gasteiger partial charge < -0.3 is 10.2 Å². The lowest BCUT2D eigenvalue weighted by atomic mass is 10.0. The van der Waals surface area contributed by atoms with Gasteiger partial charge in [-0.1, -0.05) is 84.9 Å². The van der Waals surface area contributed by atoms with Crippen molar-refractivity contribution in [3.63, 3.8) is 0 Å². The highest BCUT2D eigenvalue weighted by Gasteiger charge is 2.16. The van der Waals surface area contributed by atoms with Crippen LogP contribution in [0.15, 0.2) is 84.9 Å². The number of nitrogens with one attached hydrogen (secondary N) is 3. The van der Waals surface area contributed by atoms with Crippen LogP contribution in [0.25, 0.3) is 11.1 Å². The van der Waals surface area contributed by atoms with E-state index in [1.54, 1.807) is 4.90 Å². The van der Waals surface area contributed by atoms with Gasteiger partial charge in [0.2, 0.25) is 6.41 Å². The van der Waals surface area contributed by atoms with Crippen molar-refractivity contribution < 1.29 is 4.79 Å². The molecule has 0 spiro atoms. The van der Waals surface area contributed by atoms with Crippen LogP contribution in [0.1, 0.15) is 17.5 Å². The molecule has 0 aliphatic heterocycles. The molecule has 0 atom stereocenters. The van der Waals surface area contributed by atoms with E-state index < -0.39 is 0 Å². The lowest BCUT2D eigenvalue weighted by Crippen LogP contribution is -2.40. The second-order valence-electron chi connectivity index (χ2n) is 7.03. The molecular weight excluding hydrogens is 372 g/mol. The smallest absolute Gasteiger partial charge is 0.207 e. The molecule has 0 aliphatic rings. The zero-order chi connectivity index (χ0) is 21.2. The van der Waals surface area contributed by atoms with Crippen LogP contribution in [-0.4, -0.2) is 29.5 Å². The number of nitrogens with zero attached hydrogens (tertiary/aromatic N) is 1. The van der Waals surface area contributed by atoms with E-state index in [0.29, 0.717) is 25.2 Å². The molecule has 3 aromatic carbocycles. The Morgan fingerprint density at radius 1 is 0.767 bits per heavy atom. The molecule has 0 bridgehead atoms. The van der Waals surface area contributed by atoms with E-state index in [9.17, 15) is 4.79 Å². The van der Waals surface area contributed by atoms with Crippen molar-refractivity contribution in [1.82, 2.24) is 10.2 Å². The third kappa shape index (κ3) is 5.88. The quantitative estimate of drug-likeness (QED) is 0.282. The van der Waals surface area contributed by atoms with Gasteiger partial charge in [-0.3, -0.25) is 15.6 Å². The number of aryl methyl sites for hydroxylation is 1. The second-order valence-corrected chi connectivity index (χ2v) is 7.03. The first-order valence-electron chi connectivity index (χ1n) is 9.95. The molecule has 0 heterocycles.